The van der Waals surface area contributed by atoms with Crippen LogP contribution in [-0.2, 0) is 48.5 Å². The van der Waals surface area contributed by atoms with Crippen molar-refractivity contribution in [2.45, 2.75) is 52.9 Å². The number of fused-ring (bicyclic) bond motifs is 4. The number of hydrogen-bond acceptors (Lipinski definition) is 10. The highest BCUT2D eigenvalue weighted by Crippen LogP contribution is 2.28. The summed E-state index contributed by atoms with van der Waals surface area (Å²) >= 11 is 3.54. The Kier molecular flexibility index (Phi) is 16.3. The molecule has 70 heavy (non-hydrogen) atoms. The molecule has 8 aromatic rings. The predicted octanol–water partition coefficient (Wildman–Crippen LogP) is 7.86. The molecule has 0 saturated carbocycles. The third kappa shape index (κ3) is 11.7. The van der Waals surface area contributed by atoms with Crippen LogP contribution >= 0.6 is 15.9 Å². The monoisotopic (exact) mass is 1000 g/mol. The van der Waals surface area contributed by atoms with Gasteiger partial charge in [0.15, 0.2) is 0 Å². The summed E-state index contributed by atoms with van der Waals surface area (Å²) in [7, 11) is -1.34. The van der Waals surface area contributed by atoms with E-state index in [1.165, 1.54) is 37.8 Å². The minimum absolute atomic E-state index is 0.0838. The van der Waals surface area contributed by atoms with Gasteiger partial charge in [-0.05, 0) is 125 Å². The Morgan fingerprint density at radius 3 is 1.51 bits per heavy atom. The number of aromatic nitrogens is 2. The van der Waals surface area contributed by atoms with E-state index in [1.807, 2.05) is 36.4 Å². The summed E-state index contributed by atoms with van der Waals surface area (Å²) in [6.07, 6.45) is 5.35. The second kappa shape index (κ2) is 23.1. The zero-order valence-electron chi connectivity index (χ0n) is 39.2. The molecule has 0 amide bonds. The summed E-state index contributed by atoms with van der Waals surface area (Å²) in [5.74, 6) is -1.14. The third-order valence-corrected chi connectivity index (χ3v) is 12.9. The van der Waals surface area contributed by atoms with Crippen molar-refractivity contribution in [2.24, 2.45) is 0 Å². The predicted molar refractivity (Wildman–Crippen MR) is 277 cm³/mol. The lowest BCUT2D eigenvalue weighted by atomic mass is 9.81. The lowest BCUT2D eigenvalue weighted by Gasteiger charge is -2.29. The van der Waals surface area contributed by atoms with E-state index in [0.29, 0.717) is 18.6 Å². The van der Waals surface area contributed by atoms with E-state index in [2.05, 4.69) is 86.4 Å². The van der Waals surface area contributed by atoms with Crippen molar-refractivity contribution in [1.29, 1.82) is 0 Å². The SMILES string of the molecule is CCOC(=O)c1cc(CN2CCc3cc(-c4ccccc4)ccc3C2)c2ccccn2c1=O.CCOC(=O)c1cc(CN2CCc3cc(Br)ccc3C2)c2ccccn2c1=O.OB(O)c1ccccc1. The second-order valence-corrected chi connectivity index (χ2v) is 18.0. The molecule has 10 rings (SSSR count). The standard InChI is InChI=1S/C28H26N2O3.C22H21BrN2O3.C6H7BO2/c1-2-33-28(32)25-17-24(26-10-6-7-14-30(26)27(25)31)19-29-15-13-22-16-21(11-12-23(22)18-29)20-8-4-3-5-9-20;1-2-28-22(27)19-12-17(20-5-3-4-9-25(20)21(19)26)14-24-10-8-15-11-18(23)7-6-16(15)13-24;8-7(9)6-4-2-1-3-5-6/h3-12,14,16-17H,2,13,15,18-19H2,1H3;3-7,9,11-12H,2,8,10,13-14H2,1H3;1-5,8-9H. The van der Waals surface area contributed by atoms with Crippen molar-refractivity contribution in [2.75, 3.05) is 26.3 Å². The molecule has 0 spiro atoms. The highest BCUT2D eigenvalue weighted by atomic mass is 79.9. The smallest absolute Gasteiger partial charge is 0.462 e. The van der Waals surface area contributed by atoms with Crippen molar-refractivity contribution in [3.8, 4) is 11.1 Å². The van der Waals surface area contributed by atoms with Crippen molar-refractivity contribution < 1.29 is 29.1 Å². The zero-order valence-corrected chi connectivity index (χ0v) is 40.8. The summed E-state index contributed by atoms with van der Waals surface area (Å²) in [6.45, 7) is 8.78. The summed E-state index contributed by atoms with van der Waals surface area (Å²) in [6, 6.07) is 46.9. The average molecular weight is 1000 g/mol. The average Bonchev–Trinajstić information content (AvgIpc) is 3.39. The number of benzene rings is 4. The Hall–Kier alpha value is -6.94. The lowest BCUT2D eigenvalue weighted by Crippen LogP contribution is -2.31. The van der Waals surface area contributed by atoms with Gasteiger partial charge in [0.1, 0.15) is 11.1 Å². The number of ether oxygens (including phenoxy) is 2. The van der Waals surface area contributed by atoms with Crippen LogP contribution in [0.1, 0.15) is 67.9 Å². The lowest BCUT2D eigenvalue weighted by molar-refractivity contribution is 0.0514. The first-order valence-electron chi connectivity index (χ1n) is 23.4. The summed E-state index contributed by atoms with van der Waals surface area (Å²) in [5.41, 5.74) is 11.4. The van der Waals surface area contributed by atoms with Crippen LogP contribution in [0.3, 0.4) is 0 Å². The fourth-order valence-corrected chi connectivity index (χ4v) is 9.39. The molecule has 0 saturated heterocycles. The number of rotatable bonds is 10. The molecule has 2 N–H and O–H groups in total. The maximum atomic E-state index is 12.9. The Balaban J connectivity index is 0.000000161. The normalized spacial score (nSPS) is 13.2. The van der Waals surface area contributed by atoms with E-state index < -0.39 is 19.1 Å². The van der Waals surface area contributed by atoms with Gasteiger partial charge in [-0.2, -0.15) is 0 Å². The van der Waals surface area contributed by atoms with Gasteiger partial charge >= 0.3 is 19.1 Å². The van der Waals surface area contributed by atoms with Gasteiger partial charge in [0.05, 0.1) is 24.2 Å². The van der Waals surface area contributed by atoms with E-state index in [1.54, 1.807) is 79.2 Å². The van der Waals surface area contributed by atoms with E-state index in [4.69, 9.17) is 19.5 Å². The van der Waals surface area contributed by atoms with Crippen LogP contribution < -0.4 is 16.6 Å². The first-order valence-corrected chi connectivity index (χ1v) is 24.2. The van der Waals surface area contributed by atoms with Crippen molar-refractivity contribution in [3.63, 3.8) is 0 Å². The summed E-state index contributed by atoms with van der Waals surface area (Å²) in [5, 5.41) is 17.2. The molecule has 0 fully saturated rings. The van der Waals surface area contributed by atoms with Crippen molar-refractivity contribution in [1.82, 2.24) is 18.6 Å². The molecule has 0 atom stereocenters. The zero-order chi connectivity index (χ0) is 49.1. The number of hydrogen-bond donors (Lipinski definition) is 2. The molecular formula is C56H54BBrN4O8. The fourth-order valence-electron chi connectivity index (χ4n) is 8.99. The van der Waals surface area contributed by atoms with Gasteiger partial charge in [-0.25, -0.2) is 9.59 Å². The second-order valence-electron chi connectivity index (χ2n) is 17.1. The van der Waals surface area contributed by atoms with E-state index >= 15 is 0 Å². The van der Waals surface area contributed by atoms with E-state index in [-0.39, 0.29) is 35.5 Å². The number of halogens is 1. The quantitative estimate of drug-likeness (QED) is 0.103. The molecule has 12 nitrogen and oxygen atoms in total. The Bertz CT molecular complexity index is 3250. The van der Waals surface area contributed by atoms with Gasteiger partial charge in [0, 0.05) is 56.1 Å². The van der Waals surface area contributed by atoms with Gasteiger partial charge in [-0.1, -0.05) is 113 Å². The topological polar surface area (TPSA) is 142 Å². The highest BCUT2D eigenvalue weighted by molar-refractivity contribution is 9.10. The van der Waals surface area contributed by atoms with Crippen molar-refractivity contribution >= 4 is 51.5 Å². The minimum atomic E-state index is -1.34. The number of pyridine rings is 4. The van der Waals surface area contributed by atoms with E-state index in [0.717, 1.165) is 65.7 Å². The third-order valence-electron chi connectivity index (χ3n) is 12.5. The first-order chi connectivity index (χ1) is 34.0. The van der Waals surface area contributed by atoms with Crippen LogP contribution in [0.4, 0.5) is 0 Å². The van der Waals surface area contributed by atoms with Gasteiger partial charge in [0.25, 0.3) is 11.1 Å². The van der Waals surface area contributed by atoms with Gasteiger partial charge in [-0.3, -0.25) is 28.2 Å². The van der Waals surface area contributed by atoms with Gasteiger partial charge in [0.2, 0.25) is 0 Å². The van der Waals surface area contributed by atoms with Gasteiger partial charge < -0.3 is 19.5 Å². The largest absolute Gasteiger partial charge is 0.488 e. The molecule has 356 valence electrons. The van der Waals surface area contributed by atoms with Crippen LogP contribution in [0.2, 0.25) is 0 Å². The maximum absolute atomic E-state index is 12.9. The number of carbonyl (C=O) groups excluding carboxylic acids is 2. The molecule has 4 aromatic heterocycles. The number of carbonyl (C=O) groups is 2. The van der Waals surface area contributed by atoms with Crippen LogP contribution in [0.25, 0.3) is 22.2 Å². The van der Waals surface area contributed by atoms with E-state index in [9.17, 15) is 19.2 Å². The summed E-state index contributed by atoms with van der Waals surface area (Å²) < 4.78 is 14.4. The molecule has 0 unspecified atom stereocenters. The number of esters is 2. The highest BCUT2D eigenvalue weighted by Gasteiger charge is 2.23. The molecule has 0 aliphatic carbocycles. The van der Waals surface area contributed by atoms with Crippen LogP contribution in [-0.4, -0.2) is 74.0 Å². The Labute approximate surface area is 415 Å². The molecule has 0 radical (unpaired) electrons. The van der Waals surface area contributed by atoms with Crippen LogP contribution in [0, 0.1) is 0 Å². The molecule has 2 aliphatic heterocycles. The molecule has 6 heterocycles. The van der Waals surface area contributed by atoms with Crippen molar-refractivity contribution in [3.05, 3.63) is 228 Å². The maximum Gasteiger partial charge on any atom is 0.488 e. The fraction of sp³-hybridized carbons (Fsp3) is 0.214. The molecule has 2 aliphatic rings. The Morgan fingerprint density at radius 1 is 0.557 bits per heavy atom. The summed E-state index contributed by atoms with van der Waals surface area (Å²) in [4.78, 5) is 55.0. The first kappa shape index (κ1) is 49.5. The molecular weight excluding hydrogens is 947 g/mol. The Morgan fingerprint density at radius 2 is 1.03 bits per heavy atom. The van der Waals surface area contributed by atoms with Gasteiger partial charge in [-0.15, -0.1) is 0 Å². The minimum Gasteiger partial charge on any atom is -0.462 e. The molecule has 0 bridgehead atoms. The molecule has 4 aromatic carbocycles. The molecule has 14 heteroatoms. The van der Waals surface area contributed by atoms with Crippen LogP contribution in [0.15, 0.2) is 172 Å². The number of nitrogens with zero attached hydrogens (tertiary/aromatic N) is 4. The van der Waals surface area contributed by atoms with Crippen LogP contribution in [0.5, 0.6) is 0 Å².